The molecule has 0 heterocycles. The van der Waals surface area contributed by atoms with Crippen LogP contribution in [0.5, 0.6) is 0 Å². The van der Waals surface area contributed by atoms with Crippen LogP contribution in [0.25, 0.3) is 0 Å². The molecule has 13 heavy (non-hydrogen) atoms. The molecule has 0 spiro atoms. The van der Waals surface area contributed by atoms with E-state index in [4.69, 9.17) is 17.3 Å². The summed E-state index contributed by atoms with van der Waals surface area (Å²) in [5, 5.41) is 0.177. The van der Waals surface area contributed by atoms with Crippen molar-refractivity contribution in [3.63, 3.8) is 0 Å². The third-order valence-electron chi connectivity index (χ3n) is 2.78. The predicted molar refractivity (Wildman–Crippen MR) is 51.4 cm³/mol. The van der Waals surface area contributed by atoms with E-state index in [1.807, 2.05) is 6.07 Å². The first-order valence-electron chi connectivity index (χ1n) is 4.33. The summed E-state index contributed by atoms with van der Waals surface area (Å²) in [6, 6.07) is 4.97. The van der Waals surface area contributed by atoms with E-state index >= 15 is 0 Å². The zero-order valence-corrected chi connectivity index (χ0v) is 7.94. The Morgan fingerprint density at radius 2 is 2.15 bits per heavy atom. The molecule has 1 aromatic carbocycles. The van der Waals surface area contributed by atoms with Gasteiger partial charge >= 0.3 is 0 Å². The monoisotopic (exact) mass is 199 g/mol. The van der Waals surface area contributed by atoms with E-state index in [0.717, 1.165) is 18.4 Å². The number of hydrogen-bond donors (Lipinski definition) is 1. The average Bonchev–Trinajstić information content (AvgIpc) is 2.90. The summed E-state index contributed by atoms with van der Waals surface area (Å²) >= 11 is 5.59. The predicted octanol–water partition coefficient (Wildman–Crippen LogP) is 2.47. The number of hydrogen-bond acceptors (Lipinski definition) is 1. The maximum Gasteiger partial charge on any atom is 0.142 e. The van der Waals surface area contributed by atoms with E-state index in [-0.39, 0.29) is 16.3 Å². The summed E-state index contributed by atoms with van der Waals surface area (Å²) in [5.41, 5.74) is 6.66. The van der Waals surface area contributed by atoms with Crippen LogP contribution in [0.2, 0.25) is 5.02 Å². The van der Waals surface area contributed by atoms with Crippen molar-refractivity contribution >= 4 is 11.6 Å². The highest BCUT2D eigenvalue weighted by atomic mass is 35.5. The van der Waals surface area contributed by atoms with E-state index in [0.29, 0.717) is 6.54 Å². The van der Waals surface area contributed by atoms with Crippen LogP contribution in [-0.4, -0.2) is 6.54 Å². The summed E-state index contributed by atoms with van der Waals surface area (Å²) in [6.45, 7) is 0.591. The second kappa shape index (κ2) is 2.96. The molecule has 0 aliphatic heterocycles. The number of halogens is 2. The van der Waals surface area contributed by atoms with E-state index in [1.54, 1.807) is 6.07 Å². The summed E-state index contributed by atoms with van der Waals surface area (Å²) in [7, 11) is 0. The zero-order valence-electron chi connectivity index (χ0n) is 7.19. The molecule has 1 nitrogen and oxygen atoms in total. The van der Waals surface area contributed by atoms with Crippen molar-refractivity contribution in [2.24, 2.45) is 5.73 Å². The molecule has 0 aromatic heterocycles. The van der Waals surface area contributed by atoms with E-state index in [2.05, 4.69) is 0 Å². The number of nitrogens with two attached hydrogens (primary N) is 1. The third kappa shape index (κ3) is 1.45. The minimum atomic E-state index is -0.348. The van der Waals surface area contributed by atoms with Crippen molar-refractivity contribution in [2.75, 3.05) is 6.54 Å². The van der Waals surface area contributed by atoms with Gasteiger partial charge in [0.25, 0.3) is 0 Å². The summed E-state index contributed by atoms with van der Waals surface area (Å²) < 4.78 is 13.1. The fraction of sp³-hybridized carbons (Fsp3) is 0.400. The Morgan fingerprint density at radius 1 is 1.46 bits per heavy atom. The van der Waals surface area contributed by atoms with Gasteiger partial charge in [-0.15, -0.1) is 0 Å². The van der Waals surface area contributed by atoms with Crippen molar-refractivity contribution in [3.05, 3.63) is 34.6 Å². The average molecular weight is 200 g/mol. The first-order valence-corrected chi connectivity index (χ1v) is 4.71. The molecule has 3 heteroatoms. The highest BCUT2D eigenvalue weighted by molar-refractivity contribution is 6.30. The molecule has 2 rings (SSSR count). The Hall–Kier alpha value is -0.600. The molecule has 1 saturated carbocycles. The Balaban J connectivity index is 2.37. The fourth-order valence-corrected chi connectivity index (χ4v) is 1.71. The Bertz CT molecular complexity index is 334. The number of rotatable bonds is 2. The highest BCUT2D eigenvalue weighted by Gasteiger charge is 2.42. The molecule has 2 N–H and O–H groups in total. The van der Waals surface area contributed by atoms with Gasteiger partial charge in [-0.2, -0.15) is 0 Å². The van der Waals surface area contributed by atoms with Crippen LogP contribution in [0, 0.1) is 5.82 Å². The van der Waals surface area contributed by atoms with Gasteiger partial charge in [0.05, 0.1) is 5.02 Å². The van der Waals surface area contributed by atoms with Gasteiger partial charge in [-0.05, 0) is 30.5 Å². The summed E-state index contributed by atoms with van der Waals surface area (Å²) in [6.07, 6.45) is 2.12. The van der Waals surface area contributed by atoms with Crippen molar-refractivity contribution in [2.45, 2.75) is 18.3 Å². The van der Waals surface area contributed by atoms with E-state index in [1.165, 1.54) is 6.07 Å². The molecular formula is C10H11ClFN. The smallest absolute Gasteiger partial charge is 0.142 e. The third-order valence-corrected chi connectivity index (χ3v) is 3.08. The second-order valence-corrected chi connectivity index (χ2v) is 4.02. The molecule has 1 aliphatic rings. The molecule has 1 aliphatic carbocycles. The molecular weight excluding hydrogens is 189 g/mol. The van der Waals surface area contributed by atoms with E-state index in [9.17, 15) is 4.39 Å². The minimum absolute atomic E-state index is 0.0471. The van der Waals surface area contributed by atoms with Crippen LogP contribution in [0.1, 0.15) is 18.4 Å². The molecule has 70 valence electrons. The van der Waals surface area contributed by atoms with Crippen LogP contribution in [-0.2, 0) is 5.41 Å². The molecule has 0 atom stereocenters. The minimum Gasteiger partial charge on any atom is -0.330 e. The zero-order chi connectivity index (χ0) is 9.47. The van der Waals surface area contributed by atoms with Crippen LogP contribution >= 0.6 is 11.6 Å². The Kier molecular flexibility index (Phi) is 2.05. The van der Waals surface area contributed by atoms with Crippen LogP contribution < -0.4 is 5.73 Å². The first-order chi connectivity index (χ1) is 6.18. The second-order valence-electron chi connectivity index (χ2n) is 3.61. The lowest BCUT2D eigenvalue weighted by Crippen LogP contribution is -2.19. The largest absolute Gasteiger partial charge is 0.330 e. The molecule has 0 amide bonds. The maximum absolute atomic E-state index is 13.1. The van der Waals surface area contributed by atoms with Gasteiger partial charge in [-0.1, -0.05) is 17.7 Å². The van der Waals surface area contributed by atoms with Crippen LogP contribution in [0.4, 0.5) is 4.39 Å². The summed E-state index contributed by atoms with van der Waals surface area (Å²) in [5.74, 6) is -0.348. The lowest BCUT2D eigenvalue weighted by Gasteiger charge is -2.12. The van der Waals surface area contributed by atoms with Crippen molar-refractivity contribution in [1.29, 1.82) is 0 Å². The standard InChI is InChI=1S/C10H11ClFN/c11-8-2-1-7(5-9(8)12)10(6-13)3-4-10/h1-2,5H,3-4,6,13H2. The van der Waals surface area contributed by atoms with Gasteiger partial charge in [0.1, 0.15) is 5.82 Å². The molecule has 1 fully saturated rings. The highest BCUT2D eigenvalue weighted by Crippen LogP contribution is 2.47. The first kappa shape index (κ1) is 8.97. The Labute approximate surface area is 81.7 Å². The van der Waals surface area contributed by atoms with Gasteiger partial charge in [0.15, 0.2) is 0 Å². The lowest BCUT2D eigenvalue weighted by molar-refractivity contribution is 0.616. The molecule has 0 bridgehead atoms. The van der Waals surface area contributed by atoms with Gasteiger partial charge < -0.3 is 5.73 Å². The van der Waals surface area contributed by atoms with Crippen molar-refractivity contribution in [3.8, 4) is 0 Å². The van der Waals surface area contributed by atoms with Gasteiger partial charge in [-0.25, -0.2) is 4.39 Å². The van der Waals surface area contributed by atoms with Crippen LogP contribution in [0.15, 0.2) is 18.2 Å². The molecule has 1 aromatic rings. The SMILES string of the molecule is NCC1(c2ccc(Cl)c(F)c2)CC1. The van der Waals surface area contributed by atoms with Crippen molar-refractivity contribution in [1.82, 2.24) is 0 Å². The molecule has 0 saturated heterocycles. The maximum atomic E-state index is 13.1. The topological polar surface area (TPSA) is 26.0 Å². The Morgan fingerprint density at radius 3 is 2.62 bits per heavy atom. The van der Waals surface area contributed by atoms with Crippen LogP contribution in [0.3, 0.4) is 0 Å². The fourth-order valence-electron chi connectivity index (χ4n) is 1.59. The quantitative estimate of drug-likeness (QED) is 0.778. The van der Waals surface area contributed by atoms with Gasteiger partial charge in [-0.3, -0.25) is 0 Å². The van der Waals surface area contributed by atoms with E-state index < -0.39 is 0 Å². The van der Waals surface area contributed by atoms with Crippen molar-refractivity contribution < 1.29 is 4.39 Å². The molecule has 0 radical (unpaired) electrons. The lowest BCUT2D eigenvalue weighted by atomic mass is 9.96. The number of benzene rings is 1. The normalized spacial score (nSPS) is 18.7. The van der Waals surface area contributed by atoms with Gasteiger partial charge in [0.2, 0.25) is 0 Å². The van der Waals surface area contributed by atoms with Gasteiger partial charge in [0, 0.05) is 12.0 Å². The molecule has 0 unspecified atom stereocenters. The summed E-state index contributed by atoms with van der Waals surface area (Å²) in [4.78, 5) is 0.